The molecule has 0 unspecified atom stereocenters. The van der Waals surface area contributed by atoms with E-state index in [0.29, 0.717) is 6.42 Å². The zero-order chi connectivity index (χ0) is 11.6. The molecule has 1 saturated heterocycles. The van der Waals surface area contributed by atoms with Gasteiger partial charge in [0.05, 0.1) is 18.6 Å². The quantitative estimate of drug-likeness (QED) is 0.708. The molecule has 0 aromatic carbocycles. The smallest absolute Gasteiger partial charge is 0.165 e. The number of rotatable bonds is 2. The minimum Gasteiger partial charge on any atom is -0.349 e. The van der Waals surface area contributed by atoms with Gasteiger partial charge >= 0.3 is 0 Å². The zero-order valence-corrected chi connectivity index (χ0v) is 10.4. The molecule has 2 atom stereocenters. The van der Waals surface area contributed by atoms with Gasteiger partial charge in [0, 0.05) is 5.41 Å². The maximum Gasteiger partial charge on any atom is 0.165 e. The van der Waals surface area contributed by atoms with E-state index in [4.69, 9.17) is 9.47 Å². The molecule has 1 aliphatic heterocycles. The molecular formula is C12H22O3. The zero-order valence-electron chi connectivity index (χ0n) is 10.4. The summed E-state index contributed by atoms with van der Waals surface area (Å²) in [5.74, 6) is 0.189. The van der Waals surface area contributed by atoms with E-state index in [1.54, 1.807) is 0 Å². The molecule has 0 amide bonds. The van der Waals surface area contributed by atoms with Crippen LogP contribution in [0.15, 0.2) is 0 Å². The number of hydrogen-bond donors (Lipinski definition) is 0. The summed E-state index contributed by atoms with van der Waals surface area (Å²) < 4.78 is 11.2. The summed E-state index contributed by atoms with van der Waals surface area (Å²) in [4.78, 5) is 11.8. The third kappa shape index (κ3) is 3.92. The average Bonchev–Trinajstić information content (AvgIpc) is 1.99. The van der Waals surface area contributed by atoms with Crippen LogP contribution in [0.4, 0.5) is 0 Å². The summed E-state index contributed by atoms with van der Waals surface area (Å²) in [5, 5.41) is 0. The van der Waals surface area contributed by atoms with Gasteiger partial charge in [-0.1, -0.05) is 20.8 Å². The Morgan fingerprint density at radius 2 is 1.67 bits per heavy atom. The van der Waals surface area contributed by atoms with Gasteiger partial charge < -0.3 is 9.47 Å². The summed E-state index contributed by atoms with van der Waals surface area (Å²) in [6, 6.07) is 0. The van der Waals surface area contributed by atoms with E-state index in [1.807, 2.05) is 34.6 Å². The van der Waals surface area contributed by atoms with Crippen LogP contribution in [0, 0.1) is 5.41 Å². The van der Waals surface area contributed by atoms with Crippen LogP contribution < -0.4 is 0 Å². The van der Waals surface area contributed by atoms with Crippen molar-refractivity contribution in [2.24, 2.45) is 5.41 Å². The van der Waals surface area contributed by atoms with E-state index < -0.39 is 0 Å². The molecule has 1 aliphatic rings. The second-order valence-electron chi connectivity index (χ2n) is 5.44. The molecule has 3 nitrogen and oxygen atoms in total. The van der Waals surface area contributed by atoms with Gasteiger partial charge in [-0.15, -0.1) is 0 Å². The van der Waals surface area contributed by atoms with Crippen LogP contribution in [0.3, 0.4) is 0 Å². The molecule has 0 saturated carbocycles. The predicted octanol–water partition coefficient (Wildman–Crippen LogP) is 2.53. The van der Waals surface area contributed by atoms with Gasteiger partial charge in [-0.3, -0.25) is 4.79 Å². The Hall–Kier alpha value is -0.410. The molecule has 0 spiro atoms. The van der Waals surface area contributed by atoms with Gasteiger partial charge in [-0.25, -0.2) is 0 Å². The third-order valence-electron chi connectivity index (χ3n) is 2.62. The Morgan fingerprint density at radius 3 is 2.07 bits per heavy atom. The highest BCUT2D eigenvalue weighted by Gasteiger charge is 2.30. The highest BCUT2D eigenvalue weighted by molar-refractivity contribution is 5.83. The molecule has 3 heteroatoms. The first-order chi connectivity index (χ1) is 6.79. The molecule has 0 bridgehead atoms. The van der Waals surface area contributed by atoms with Crippen molar-refractivity contribution in [1.82, 2.24) is 0 Å². The average molecular weight is 214 g/mol. The summed E-state index contributed by atoms with van der Waals surface area (Å²) >= 11 is 0. The fourth-order valence-corrected chi connectivity index (χ4v) is 1.68. The molecule has 1 fully saturated rings. The fourth-order valence-electron chi connectivity index (χ4n) is 1.68. The first-order valence-corrected chi connectivity index (χ1v) is 5.63. The molecule has 0 radical (unpaired) electrons. The van der Waals surface area contributed by atoms with Gasteiger partial charge in [0.15, 0.2) is 6.29 Å². The predicted molar refractivity (Wildman–Crippen MR) is 58.6 cm³/mol. The number of ether oxygens (including phenoxy) is 2. The van der Waals surface area contributed by atoms with Gasteiger partial charge in [0.1, 0.15) is 5.78 Å². The van der Waals surface area contributed by atoms with Crippen LogP contribution >= 0.6 is 0 Å². The number of Topliss-reactive ketones (excluding diaryl/α,β-unsaturated/α-hetero) is 1. The topological polar surface area (TPSA) is 35.5 Å². The number of ketones is 1. The van der Waals surface area contributed by atoms with Crippen molar-refractivity contribution < 1.29 is 14.3 Å². The van der Waals surface area contributed by atoms with E-state index in [2.05, 4.69) is 0 Å². The summed E-state index contributed by atoms with van der Waals surface area (Å²) in [7, 11) is 0. The summed E-state index contributed by atoms with van der Waals surface area (Å²) in [6.07, 6.45) is 1.28. The Labute approximate surface area is 92.1 Å². The molecule has 0 aliphatic carbocycles. The standard InChI is InChI=1S/C12H22O3/c1-8-6-9(2)15-11(14-8)7-10(13)12(3,4)5/h8-9,11H,6-7H2,1-5H3/t8-,9-/m1/s1. The number of carbonyl (C=O) groups is 1. The van der Waals surface area contributed by atoms with Gasteiger partial charge in [0.2, 0.25) is 0 Å². The minimum atomic E-state index is -0.351. The second kappa shape index (κ2) is 4.62. The van der Waals surface area contributed by atoms with Gasteiger partial charge in [0.25, 0.3) is 0 Å². The Bertz CT molecular complexity index is 220. The van der Waals surface area contributed by atoms with E-state index in [1.165, 1.54) is 0 Å². The van der Waals surface area contributed by atoms with E-state index in [-0.39, 0.29) is 29.7 Å². The highest BCUT2D eigenvalue weighted by Crippen LogP contribution is 2.24. The normalized spacial score (nSPS) is 32.7. The SMILES string of the molecule is C[C@@H]1C[C@@H](C)OC(CC(=O)C(C)(C)C)O1. The molecule has 1 rings (SSSR count). The minimum absolute atomic E-state index is 0.187. The van der Waals surface area contributed by atoms with Crippen molar-refractivity contribution in [2.75, 3.05) is 0 Å². The second-order valence-corrected chi connectivity index (χ2v) is 5.44. The van der Waals surface area contributed by atoms with Crippen LogP contribution in [0.2, 0.25) is 0 Å². The van der Waals surface area contributed by atoms with Crippen LogP contribution in [-0.2, 0) is 14.3 Å². The Morgan fingerprint density at radius 1 is 1.20 bits per heavy atom. The first-order valence-electron chi connectivity index (χ1n) is 5.63. The highest BCUT2D eigenvalue weighted by atomic mass is 16.7. The van der Waals surface area contributed by atoms with Crippen LogP contribution in [0.5, 0.6) is 0 Å². The lowest BCUT2D eigenvalue weighted by atomic mass is 9.89. The largest absolute Gasteiger partial charge is 0.349 e. The fraction of sp³-hybridized carbons (Fsp3) is 0.917. The molecule has 1 heterocycles. The molecule has 0 aromatic rings. The first kappa shape index (κ1) is 12.7. The third-order valence-corrected chi connectivity index (χ3v) is 2.62. The Kier molecular flexibility index (Phi) is 3.90. The van der Waals surface area contributed by atoms with Crippen molar-refractivity contribution in [3.63, 3.8) is 0 Å². The van der Waals surface area contributed by atoms with Crippen molar-refractivity contribution in [2.45, 2.75) is 66.0 Å². The van der Waals surface area contributed by atoms with Crippen molar-refractivity contribution >= 4 is 5.78 Å². The van der Waals surface area contributed by atoms with E-state index in [0.717, 1.165) is 6.42 Å². The van der Waals surface area contributed by atoms with E-state index >= 15 is 0 Å². The molecular weight excluding hydrogens is 192 g/mol. The molecule has 15 heavy (non-hydrogen) atoms. The van der Waals surface area contributed by atoms with Crippen LogP contribution in [0.1, 0.15) is 47.5 Å². The number of hydrogen-bond acceptors (Lipinski definition) is 3. The lowest BCUT2D eigenvalue weighted by Gasteiger charge is -2.33. The van der Waals surface area contributed by atoms with Crippen molar-refractivity contribution in [1.29, 1.82) is 0 Å². The van der Waals surface area contributed by atoms with Crippen molar-refractivity contribution in [3.05, 3.63) is 0 Å². The molecule has 0 aromatic heterocycles. The van der Waals surface area contributed by atoms with Crippen LogP contribution in [0.25, 0.3) is 0 Å². The van der Waals surface area contributed by atoms with E-state index in [9.17, 15) is 4.79 Å². The lowest BCUT2D eigenvalue weighted by molar-refractivity contribution is -0.235. The molecule has 0 N–H and O–H groups in total. The number of carbonyl (C=O) groups excluding carboxylic acids is 1. The van der Waals surface area contributed by atoms with Gasteiger partial charge in [-0.05, 0) is 20.3 Å². The summed E-state index contributed by atoms with van der Waals surface area (Å²) in [6.45, 7) is 9.81. The van der Waals surface area contributed by atoms with Crippen molar-refractivity contribution in [3.8, 4) is 0 Å². The van der Waals surface area contributed by atoms with Crippen LogP contribution in [-0.4, -0.2) is 24.3 Å². The molecule has 88 valence electrons. The summed E-state index contributed by atoms with van der Waals surface area (Å²) in [5.41, 5.74) is -0.309. The Balaban J connectivity index is 2.48. The lowest BCUT2D eigenvalue weighted by Crippen LogP contribution is -2.38. The monoisotopic (exact) mass is 214 g/mol. The maximum absolute atomic E-state index is 11.8. The van der Waals surface area contributed by atoms with Gasteiger partial charge in [-0.2, -0.15) is 0 Å². The maximum atomic E-state index is 11.8.